The lowest BCUT2D eigenvalue weighted by Gasteiger charge is -2.06. The third-order valence-corrected chi connectivity index (χ3v) is 2.86. The van der Waals surface area contributed by atoms with Crippen LogP contribution in [0, 0.1) is 12.7 Å². The quantitative estimate of drug-likeness (QED) is 0.895. The molecule has 18 heavy (non-hydrogen) atoms. The molecule has 94 valence electrons. The Morgan fingerprint density at radius 2 is 2.33 bits per heavy atom. The molecule has 2 rings (SSSR count). The summed E-state index contributed by atoms with van der Waals surface area (Å²) in [5.74, 6) is -0.253. The molecule has 7 heteroatoms. The fraction of sp³-hybridized carbons (Fsp3) is 0.182. The SMILES string of the molecule is Cc1cc(CNC(=O)Nc2nncs2)ccc1F. The Morgan fingerprint density at radius 1 is 1.50 bits per heavy atom. The first-order valence-corrected chi connectivity index (χ1v) is 6.09. The number of carbonyl (C=O) groups excluding carboxylic acids is 1. The van der Waals surface area contributed by atoms with Crippen molar-refractivity contribution in [2.45, 2.75) is 13.5 Å². The van der Waals surface area contributed by atoms with Crippen molar-refractivity contribution in [3.05, 3.63) is 40.7 Å². The maximum atomic E-state index is 13.0. The Balaban J connectivity index is 1.87. The maximum absolute atomic E-state index is 13.0. The Hall–Kier alpha value is -2.02. The number of hydrogen-bond acceptors (Lipinski definition) is 4. The summed E-state index contributed by atoms with van der Waals surface area (Å²) in [4.78, 5) is 11.5. The fourth-order valence-corrected chi connectivity index (χ4v) is 1.81. The summed E-state index contributed by atoms with van der Waals surface area (Å²) in [5, 5.41) is 12.9. The molecule has 0 radical (unpaired) electrons. The molecule has 1 aromatic carbocycles. The van der Waals surface area contributed by atoms with Gasteiger partial charge in [0.2, 0.25) is 5.13 Å². The summed E-state index contributed by atoms with van der Waals surface area (Å²) >= 11 is 1.23. The zero-order chi connectivity index (χ0) is 13.0. The number of amides is 2. The first-order valence-electron chi connectivity index (χ1n) is 5.21. The molecule has 0 saturated carbocycles. The molecule has 0 fully saturated rings. The van der Waals surface area contributed by atoms with Gasteiger partial charge in [0.1, 0.15) is 11.3 Å². The molecule has 2 aromatic rings. The lowest BCUT2D eigenvalue weighted by Crippen LogP contribution is -2.28. The number of hydrogen-bond donors (Lipinski definition) is 2. The van der Waals surface area contributed by atoms with Crippen LogP contribution in [0.3, 0.4) is 0 Å². The van der Waals surface area contributed by atoms with Gasteiger partial charge in [-0.05, 0) is 24.1 Å². The van der Waals surface area contributed by atoms with E-state index in [2.05, 4.69) is 20.8 Å². The van der Waals surface area contributed by atoms with Crippen LogP contribution in [-0.2, 0) is 6.54 Å². The van der Waals surface area contributed by atoms with Crippen molar-refractivity contribution in [2.24, 2.45) is 0 Å². The second-order valence-corrected chi connectivity index (χ2v) is 4.47. The number of aromatic nitrogens is 2. The minimum atomic E-state index is -0.367. The second kappa shape index (κ2) is 5.54. The standard InChI is InChI=1S/C11H11FN4OS/c1-7-4-8(2-3-9(7)12)5-13-10(17)15-11-16-14-6-18-11/h2-4,6H,5H2,1H3,(H2,13,15,16,17). The predicted molar refractivity (Wildman–Crippen MR) is 66.9 cm³/mol. The summed E-state index contributed by atoms with van der Waals surface area (Å²) in [6.45, 7) is 2.01. The van der Waals surface area contributed by atoms with E-state index < -0.39 is 0 Å². The highest BCUT2D eigenvalue weighted by molar-refractivity contribution is 7.13. The summed E-state index contributed by atoms with van der Waals surface area (Å²) in [5.41, 5.74) is 2.92. The van der Waals surface area contributed by atoms with E-state index in [0.29, 0.717) is 17.2 Å². The van der Waals surface area contributed by atoms with Crippen molar-refractivity contribution in [3.8, 4) is 0 Å². The number of carbonyl (C=O) groups is 1. The lowest BCUT2D eigenvalue weighted by molar-refractivity contribution is 0.251. The molecular formula is C11H11FN4OS. The van der Waals surface area contributed by atoms with Crippen LogP contribution in [0.5, 0.6) is 0 Å². The van der Waals surface area contributed by atoms with Gasteiger partial charge in [-0.25, -0.2) is 9.18 Å². The van der Waals surface area contributed by atoms with Gasteiger partial charge in [-0.1, -0.05) is 23.5 Å². The van der Waals surface area contributed by atoms with Crippen molar-refractivity contribution in [3.63, 3.8) is 0 Å². The Bertz CT molecular complexity index is 544. The first-order chi connectivity index (χ1) is 8.65. The first kappa shape index (κ1) is 12.4. The van der Waals surface area contributed by atoms with Crippen molar-refractivity contribution in [2.75, 3.05) is 5.32 Å². The van der Waals surface area contributed by atoms with E-state index in [1.165, 1.54) is 22.9 Å². The fourth-order valence-electron chi connectivity index (χ4n) is 1.37. The van der Waals surface area contributed by atoms with E-state index in [9.17, 15) is 9.18 Å². The van der Waals surface area contributed by atoms with Crippen molar-refractivity contribution < 1.29 is 9.18 Å². The Morgan fingerprint density at radius 3 is 3.00 bits per heavy atom. The highest BCUT2D eigenvalue weighted by atomic mass is 32.1. The number of urea groups is 1. The number of anilines is 1. The summed E-state index contributed by atoms with van der Waals surface area (Å²) in [6, 6.07) is 4.34. The number of aryl methyl sites for hydroxylation is 1. The van der Waals surface area contributed by atoms with E-state index in [-0.39, 0.29) is 11.8 Å². The largest absolute Gasteiger partial charge is 0.334 e. The summed E-state index contributed by atoms with van der Waals surface area (Å²) in [6.07, 6.45) is 0. The third-order valence-electron chi connectivity index (χ3n) is 2.26. The molecule has 0 aliphatic carbocycles. The van der Waals surface area contributed by atoms with Gasteiger partial charge >= 0.3 is 6.03 Å². The van der Waals surface area contributed by atoms with E-state index in [1.807, 2.05) is 0 Å². The van der Waals surface area contributed by atoms with Crippen LogP contribution in [0.15, 0.2) is 23.7 Å². The van der Waals surface area contributed by atoms with E-state index in [1.54, 1.807) is 19.1 Å². The Kier molecular flexibility index (Phi) is 3.83. The molecular weight excluding hydrogens is 255 g/mol. The number of nitrogens with zero attached hydrogens (tertiary/aromatic N) is 2. The van der Waals surface area contributed by atoms with Gasteiger partial charge in [0.05, 0.1) is 0 Å². The van der Waals surface area contributed by atoms with Gasteiger partial charge in [0.25, 0.3) is 0 Å². The molecule has 0 spiro atoms. The van der Waals surface area contributed by atoms with Crippen LogP contribution in [-0.4, -0.2) is 16.2 Å². The van der Waals surface area contributed by atoms with Crippen molar-refractivity contribution >= 4 is 22.5 Å². The van der Waals surface area contributed by atoms with Crippen LogP contribution in [0.25, 0.3) is 0 Å². The lowest BCUT2D eigenvalue weighted by atomic mass is 10.1. The molecule has 0 aliphatic rings. The molecule has 0 atom stereocenters. The second-order valence-electron chi connectivity index (χ2n) is 3.64. The highest BCUT2D eigenvalue weighted by Crippen LogP contribution is 2.10. The topological polar surface area (TPSA) is 66.9 Å². The molecule has 2 amide bonds. The van der Waals surface area contributed by atoms with E-state index in [4.69, 9.17) is 0 Å². The normalized spacial score (nSPS) is 10.1. The summed E-state index contributed by atoms with van der Waals surface area (Å²) < 4.78 is 13.0. The van der Waals surface area contributed by atoms with Crippen LogP contribution < -0.4 is 10.6 Å². The molecule has 0 aliphatic heterocycles. The smallest absolute Gasteiger partial charge is 0.321 e. The molecule has 1 aromatic heterocycles. The number of halogens is 1. The minimum absolute atomic E-state index is 0.253. The van der Waals surface area contributed by atoms with Gasteiger partial charge in [-0.2, -0.15) is 0 Å². The molecule has 0 bridgehead atoms. The molecule has 0 saturated heterocycles. The minimum Gasteiger partial charge on any atom is -0.334 e. The molecule has 1 heterocycles. The van der Waals surface area contributed by atoms with Gasteiger partial charge in [0.15, 0.2) is 0 Å². The Labute approximate surface area is 107 Å². The van der Waals surface area contributed by atoms with Gasteiger partial charge < -0.3 is 5.32 Å². The maximum Gasteiger partial charge on any atom is 0.321 e. The highest BCUT2D eigenvalue weighted by Gasteiger charge is 2.04. The van der Waals surface area contributed by atoms with Gasteiger partial charge in [-0.3, -0.25) is 5.32 Å². The van der Waals surface area contributed by atoms with Crippen molar-refractivity contribution in [1.82, 2.24) is 15.5 Å². The number of nitrogens with one attached hydrogen (secondary N) is 2. The average molecular weight is 266 g/mol. The van der Waals surface area contributed by atoms with Gasteiger partial charge in [0, 0.05) is 6.54 Å². The molecule has 5 nitrogen and oxygen atoms in total. The van der Waals surface area contributed by atoms with Crippen LogP contribution >= 0.6 is 11.3 Å². The molecule has 0 unspecified atom stereocenters. The average Bonchev–Trinajstić information content (AvgIpc) is 2.83. The predicted octanol–water partition coefficient (Wildman–Crippen LogP) is 2.31. The van der Waals surface area contributed by atoms with E-state index in [0.717, 1.165) is 5.56 Å². The molecule has 2 N–H and O–H groups in total. The zero-order valence-electron chi connectivity index (χ0n) is 9.61. The van der Waals surface area contributed by atoms with Crippen molar-refractivity contribution in [1.29, 1.82) is 0 Å². The number of benzene rings is 1. The summed E-state index contributed by atoms with van der Waals surface area (Å²) in [7, 11) is 0. The van der Waals surface area contributed by atoms with E-state index >= 15 is 0 Å². The van der Waals surface area contributed by atoms with Crippen LogP contribution in [0.1, 0.15) is 11.1 Å². The number of rotatable bonds is 3. The monoisotopic (exact) mass is 266 g/mol. The third kappa shape index (κ3) is 3.24. The van der Waals surface area contributed by atoms with Gasteiger partial charge in [-0.15, -0.1) is 10.2 Å². The van der Waals surface area contributed by atoms with Crippen LogP contribution in [0.2, 0.25) is 0 Å². The zero-order valence-corrected chi connectivity index (χ0v) is 10.4. The van der Waals surface area contributed by atoms with Crippen LogP contribution in [0.4, 0.5) is 14.3 Å².